The number of nitrogens with zero attached hydrogens (tertiary/aromatic N) is 7. The van der Waals surface area contributed by atoms with Crippen LogP contribution in [0.3, 0.4) is 0 Å². The standard InChI is InChI=1S/C39H35F3N8O/c1-23-14-17-43-30(34(23)41)20-26-6-3-4-7-31(26)48-22-28-36(47-50(39(28)51)38-35(42)24(2)15-18-44-38)33-32(48)13-12-29(40)37(33)45-21-25-8-10-27(11-9-25)49-19-5-16-46-49/h5,8-19,22,26,31,45H,3-4,6-7,20-21H2,1-2H3/t26-,31+/m1/s1. The Morgan fingerprint density at radius 3 is 2.43 bits per heavy atom. The molecular formula is C39H35F3N8O. The van der Waals surface area contributed by atoms with E-state index >= 15 is 13.2 Å². The van der Waals surface area contributed by atoms with Crippen molar-refractivity contribution in [2.75, 3.05) is 5.32 Å². The maximum absolute atomic E-state index is 16.0. The monoisotopic (exact) mass is 688 g/mol. The van der Waals surface area contributed by atoms with Crippen molar-refractivity contribution in [3.05, 3.63) is 136 Å². The fourth-order valence-electron chi connectivity index (χ4n) is 7.37. The summed E-state index contributed by atoms with van der Waals surface area (Å²) >= 11 is 0. The predicted molar refractivity (Wildman–Crippen MR) is 189 cm³/mol. The maximum atomic E-state index is 16.0. The first-order chi connectivity index (χ1) is 24.8. The fraction of sp³-hybridized carbons (Fsp3) is 0.256. The summed E-state index contributed by atoms with van der Waals surface area (Å²) in [6, 6.07) is 15.7. The van der Waals surface area contributed by atoms with E-state index in [4.69, 9.17) is 0 Å². The summed E-state index contributed by atoms with van der Waals surface area (Å²) in [7, 11) is 0. The molecule has 0 bridgehead atoms. The molecule has 3 aromatic heterocycles. The van der Waals surface area contributed by atoms with Gasteiger partial charge < -0.3 is 9.88 Å². The smallest absolute Gasteiger partial charge is 0.284 e. The van der Waals surface area contributed by atoms with E-state index < -0.39 is 17.2 Å². The molecule has 258 valence electrons. The Bertz CT molecular complexity index is 2400. The number of fused-ring (bicyclic) bond motifs is 3. The highest BCUT2D eigenvalue weighted by atomic mass is 19.1. The average Bonchev–Trinajstić information content (AvgIpc) is 3.80. The van der Waals surface area contributed by atoms with Gasteiger partial charge >= 0.3 is 0 Å². The minimum Gasteiger partial charge on any atom is -0.378 e. The lowest BCUT2D eigenvalue weighted by molar-refractivity contribution is 0.238. The number of aromatic nitrogens is 7. The molecule has 5 heterocycles. The molecule has 0 amide bonds. The molecule has 8 rings (SSSR count). The van der Waals surface area contributed by atoms with Crippen LogP contribution in [0.1, 0.15) is 54.1 Å². The minimum atomic E-state index is -0.664. The molecule has 2 aliphatic heterocycles. The van der Waals surface area contributed by atoms with Crippen molar-refractivity contribution in [3.63, 3.8) is 0 Å². The molecule has 12 heteroatoms. The highest BCUT2D eigenvalue weighted by Crippen LogP contribution is 2.42. The molecule has 2 aromatic carbocycles. The van der Waals surface area contributed by atoms with Gasteiger partial charge in [0.2, 0.25) is 0 Å². The summed E-state index contributed by atoms with van der Waals surface area (Å²) in [6.45, 7) is 3.59. The Balaban J connectivity index is 1.28. The van der Waals surface area contributed by atoms with E-state index in [1.165, 1.54) is 18.3 Å². The van der Waals surface area contributed by atoms with Crippen LogP contribution in [-0.2, 0) is 13.0 Å². The van der Waals surface area contributed by atoms with E-state index in [0.29, 0.717) is 34.1 Å². The van der Waals surface area contributed by atoms with Gasteiger partial charge in [-0.25, -0.2) is 22.8 Å². The Kier molecular flexibility index (Phi) is 8.37. The first-order valence-electron chi connectivity index (χ1n) is 17.1. The van der Waals surface area contributed by atoms with Gasteiger partial charge in [0.25, 0.3) is 5.56 Å². The minimum absolute atomic E-state index is 0.0102. The molecule has 0 saturated heterocycles. The molecule has 9 nitrogen and oxygen atoms in total. The topological polar surface area (TPSA) is 95.5 Å². The van der Waals surface area contributed by atoms with Gasteiger partial charge in [-0.3, -0.25) is 9.78 Å². The normalized spacial score (nSPS) is 16.3. The predicted octanol–water partition coefficient (Wildman–Crippen LogP) is 7.89. The third-order valence-electron chi connectivity index (χ3n) is 10.1. The van der Waals surface area contributed by atoms with Crippen molar-refractivity contribution in [1.29, 1.82) is 0 Å². The lowest BCUT2D eigenvalue weighted by Gasteiger charge is -2.35. The Morgan fingerprint density at radius 1 is 0.882 bits per heavy atom. The van der Waals surface area contributed by atoms with Gasteiger partial charge in [-0.2, -0.15) is 14.9 Å². The number of hydrogen-bond donors (Lipinski definition) is 1. The van der Waals surface area contributed by atoms with E-state index in [0.717, 1.165) is 41.6 Å². The van der Waals surface area contributed by atoms with Gasteiger partial charge in [0.1, 0.15) is 17.3 Å². The Morgan fingerprint density at radius 2 is 1.65 bits per heavy atom. The van der Waals surface area contributed by atoms with Crippen LogP contribution in [-0.4, -0.2) is 34.1 Å². The summed E-state index contributed by atoms with van der Waals surface area (Å²) in [5.74, 6) is -1.74. The Labute approximate surface area is 291 Å². The number of anilines is 1. The van der Waals surface area contributed by atoms with Gasteiger partial charge in [0.15, 0.2) is 11.6 Å². The SMILES string of the molecule is Cc1ccnc(C[C@H]2CCCC[C@@H]2n2cc3c(=O)n(-c4nccc(C)c4F)nc-3c3c(NCc4ccc(-n5cccn5)cc4)c(F)ccc32)c1F. The van der Waals surface area contributed by atoms with Gasteiger partial charge in [0, 0.05) is 43.6 Å². The molecule has 1 aliphatic carbocycles. The molecule has 5 aromatic rings. The fourth-order valence-corrected chi connectivity index (χ4v) is 7.37. The van der Waals surface area contributed by atoms with Crippen molar-refractivity contribution < 1.29 is 13.2 Å². The van der Waals surface area contributed by atoms with Crippen molar-refractivity contribution in [2.45, 2.75) is 58.5 Å². The van der Waals surface area contributed by atoms with Crippen molar-refractivity contribution in [3.8, 4) is 22.8 Å². The zero-order valence-electron chi connectivity index (χ0n) is 28.2. The van der Waals surface area contributed by atoms with Crippen LogP contribution in [0.4, 0.5) is 18.9 Å². The van der Waals surface area contributed by atoms with Crippen LogP contribution >= 0.6 is 0 Å². The highest BCUT2D eigenvalue weighted by molar-refractivity contribution is 6.03. The molecule has 0 radical (unpaired) electrons. The first-order valence-corrected chi connectivity index (χ1v) is 17.1. The molecule has 1 N–H and O–H groups in total. The van der Waals surface area contributed by atoms with E-state index in [2.05, 4.69) is 25.5 Å². The summed E-state index contributed by atoms with van der Waals surface area (Å²) in [5.41, 5.74) is 3.71. The number of hydrogen-bond acceptors (Lipinski definition) is 6. The first kappa shape index (κ1) is 32.4. The van der Waals surface area contributed by atoms with Crippen molar-refractivity contribution in [2.24, 2.45) is 5.92 Å². The summed E-state index contributed by atoms with van der Waals surface area (Å²) < 4.78 is 51.4. The number of pyridine rings is 3. The molecule has 1 saturated carbocycles. The van der Waals surface area contributed by atoms with E-state index in [9.17, 15) is 4.79 Å². The molecular weight excluding hydrogens is 653 g/mol. The van der Waals surface area contributed by atoms with Crippen molar-refractivity contribution >= 4 is 16.6 Å². The van der Waals surface area contributed by atoms with Crippen LogP contribution < -0.4 is 10.9 Å². The molecule has 51 heavy (non-hydrogen) atoms. The lowest BCUT2D eigenvalue weighted by Crippen LogP contribution is -2.27. The van der Waals surface area contributed by atoms with Crippen LogP contribution in [0.5, 0.6) is 0 Å². The van der Waals surface area contributed by atoms with E-state index in [-0.39, 0.29) is 47.1 Å². The zero-order chi connectivity index (χ0) is 35.2. The number of benzene rings is 2. The maximum Gasteiger partial charge on any atom is 0.284 e. The van der Waals surface area contributed by atoms with Crippen LogP contribution in [0.15, 0.2) is 90.4 Å². The number of halogens is 3. The lowest BCUT2D eigenvalue weighted by atomic mass is 9.80. The summed E-state index contributed by atoms with van der Waals surface area (Å²) in [6.07, 6.45) is 12.3. The molecule has 0 unspecified atom stereocenters. The third kappa shape index (κ3) is 5.84. The van der Waals surface area contributed by atoms with Crippen LogP contribution in [0, 0.1) is 37.2 Å². The van der Waals surface area contributed by atoms with Gasteiger partial charge in [0.05, 0.1) is 33.5 Å². The van der Waals surface area contributed by atoms with Crippen molar-refractivity contribution in [1.82, 2.24) is 34.1 Å². The number of rotatable bonds is 8. The third-order valence-corrected chi connectivity index (χ3v) is 10.1. The van der Waals surface area contributed by atoms with E-state index in [1.807, 2.05) is 41.1 Å². The largest absolute Gasteiger partial charge is 0.378 e. The number of nitrogens with one attached hydrogen (secondary N) is 1. The quantitative estimate of drug-likeness (QED) is 0.175. The molecule has 3 aliphatic rings. The second-order valence-corrected chi connectivity index (χ2v) is 13.3. The highest BCUT2D eigenvalue weighted by Gasteiger charge is 2.32. The second kappa shape index (κ2) is 13.2. The molecule has 0 spiro atoms. The average molecular weight is 689 g/mol. The van der Waals surface area contributed by atoms with E-state index in [1.54, 1.807) is 49.3 Å². The number of aryl methyl sites for hydroxylation is 2. The Hall–Kier alpha value is -5.78. The van der Waals surface area contributed by atoms with Gasteiger partial charge in [-0.1, -0.05) is 25.0 Å². The zero-order valence-corrected chi connectivity index (χ0v) is 28.2. The van der Waals surface area contributed by atoms with Gasteiger partial charge in [-0.05, 0) is 98.2 Å². The van der Waals surface area contributed by atoms with Crippen LogP contribution in [0.25, 0.3) is 33.7 Å². The van der Waals surface area contributed by atoms with Crippen LogP contribution in [0.2, 0.25) is 0 Å². The van der Waals surface area contributed by atoms with Gasteiger partial charge in [-0.15, -0.1) is 0 Å². The molecule has 2 atom stereocenters. The summed E-state index contributed by atoms with van der Waals surface area (Å²) in [4.78, 5) is 22.7. The second-order valence-electron chi connectivity index (χ2n) is 13.3. The summed E-state index contributed by atoms with van der Waals surface area (Å²) in [5, 5.41) is 12.6. The molecule has 1 fully saturated rings.